The highest BCUT2D eigenvalue weighted by molar-refractivity contribution is 6.30. The molecule has 0 atom stereocenters. The van der Waals surface area contributed by atoms with Crippen molar-refractivity contribution in [2.24, 2.45) is 0 Å². The molecular formula is C22H19ClN2O3. The lowest BCUT2D eigenvalue weighted by molar-refractivity contribution is -0.118. The predicted molar refractivity (Wildman–Crippen MR) is 110 cm³/mol. The summed E-state index contributed by atoms with van der Waals surface area (Å²) in [7, 11) is 0. The Labute approximate surface area is 168 Å². The van der Waals surface area contributed by atoms with Gasteiger partial charge >= 0.3 is 0 Å². The van der Waals surface area contributed by atoms with Crippen molar-refractivity contribution in [1.29, 1.82) is 0 Å². The van der Waals surface area contributed by atoms with Crippen LogP contribution >= 0.6 is 11.6 Å². The molecule has 0 unspecified atom stereocenters. The summed E-state index contributed by atoms with van der Waals surface area (Å²) < 4.78 is 5.50. The average molecular weight is 395 g/mol. The molecule has 3 aromatic carbocycles. The topological polar surface area (TPSA) is 67.4 Å². The first-order valence-electron chi connectivity index (χ1n) is 8.70. The van der Waals surface area contributed by atoms with Crippen molar-refractivity contribution in [3.05, 3.63) is 95.0 Å². The maximum atomic E-state index is 12.3. The molecule has 142 valence electrons. The van der Waals surface area contributed by atoms with Gasteiger partial charge in [-0.15, -0.1) is 0 Å². The van der Waals surface area contributed by atoms with E-state index in [1.165, 1.54) is 0 Å². The fourth-order valence-electron chi connectivity index (χ4n) is 2.49. The Kier molecular flexibility index (Phi) is 6.65. The fourth-order valence-corrected chi connectivity index (χ4v) is 2.61. The first kappa shape index (κ1) is 19.5. The smallest absolute Gasteiger partial charge is 0.262 e. The molecule has 2 N–H and O–H groups in total. The second-order valence-electron chi connectivity index (χ2n) is 6.04. The molecule has 28 heavy (non-hydrogen) atoms. The summed E-state index contributed by atoms with van der Waals surface area (Å²) in [5, 5.41) is 6.17. The Morgan fingerprint density at radius 2 is 1.64 bits per heavy atom. The van der Waals surface area contributed by atoms with Crippen LogP contribution in [0.2, 0.25) is 5.02 Å². The Hall–Kier alpha value is -3.31. The van der Waals surface area contributed by atoms with Gasteiger partial charge in [-0.1, -0.05) is 48.0 Å². The third-order valence-corrected chi connectivity index (χ3v) is 4.14. The van der Waals surface area contributed by atoms with Crippen molar-refractivity contribution in [3.63, 3.8) is 0 Å². The van der Waals surface area contributed by atoms with Gasteiger partial charge in [0.1, 0.15) is 5.75 Å². The van der Waals surface area contributed by atoms with E-state index in [9.17, 15) is 9.59 Å². The van der Waals surface area contributed by atoms with Crippen molar-refractivity contribution >= 4 is 29.1 Å². The number of nitrogens with one attached hydrogen (secondary N) is 2. The summed E-state index contributed by atoms with van der Waals surface area (Å²) in [6, 6.07) is 23.2. The monoisotopic (exact) mass is 394 g/mol. The van der Waals surface area contributed by atoms with Gasteiger partial charge in [0.05, 0.1) is 0 Å². The number of halogens is 1. The molecule has 0 saturated heterocycles. The van der Waals surface area contributed by atoms with Crippen molar-refractivity contribution in [2.75, 3.05) is 11.9 Å². The van der Waals surface area contributed by atoms with Gasteiger partial charge in [-0.2, -0.15) is 0 Å². The largest absolute Gasteiger partial charge is 0.484 e. The van der Waals surface area contributed by atoms with Crippen LogP contribution in [0.5, 0.6) is 5.75 Å². The van der Waals surface area contributed by atoms with Crippen LogP contribution in [0.3, 0.4) is 0 Å². The maximum Gasteiger partial charge on any atom is 0.262 e. The van der Waals surface area contributed by atoms with Crippen molar-refractivity contribution in [1.82, 2.24) is 5.32 Å². The number of benzene rings is 3. The molecule has 2 amide bonds. The van der Waals surface area contributed by atoms with E-state index in [0.717, 1.165) is 5.56 Å². The molecule has 0 radical (unpaired) electrons. The van der Waals surface area contributed by atoms with Gasteiger partial charge in [-0.05, 0) is 48.0 Å². The number of hydrogen-bond acceptors (Lipinski definition) is 3. The van der Waals surface area contributed by atoms with Crippen molar-refractivity contribution in [2.45, 2.75) is 6.54 Å². The van der Waals surface area contributed by atoms with Crippen LogP contribution in [-0.2, 0) is 11.3 Å². The number of anilines is 1. The van der Waals surface area contributed by atoms with Gasteiger partial charge in [-0.25, -0.2) is 0 Å². The Bertz CT molecular complexity index is 944. The molecule has 6 heteroatoms. The number of carbonyl (C=O) groups is 2. The SMILES string of the molecule is O=C(COc1cccc(C(=O)NCc2ccccc2)c1)Nc1ccc(Cl)cc1. The van der Waals surface area contributed by atoms with Crippen LogP contribution in [0.4, 0.5) is 5.69 Å². The summed E-state index contributed by atoms with van der Waals surface area (Å²) in [4.78, 5) is 24.3. The van der Waals surface area contributed by atoms with Crippen LogP contribution in [0, 0.1) is 0 Å². The molecule has 0 aliphatic heterocycles. The van der Waals surface area contributed by atoms with Crippen molar-refractivity contribution < 1.29 is 14.3 Å². The molecule has 0 saturated carbocycles. The maximum absolute atomic E-state index is 12.3. The average Bonchev–Trinajstić information content (AvgIpc) is 2.73. The predicted octanol–water partition coefficient (Wildman–Crippen LogP) is 4.29. The molecule has 0 spiro atoms. The van der Waals surface area contributed by atoms with E-state index in [2.05, 4.69) is 10.6 Å². The summed E-state index contributed by atoms with van der Waals surface area (Å²) in [6.07, 6.45) is 0. The third-order valence-electron chi connectivity index (χ3n) is 3.89. The molecule has 3 rings (SSSR count). The molecule has 0 bridgehead atoms. The fraction of sp³-hybridized carbons (Fsp3) is 0.0909. The minimum atomic E-state index is -0.304. The number of rotatable bonds is 7. The van der Waals surface area contributed by atoms with Gasteiger partial charge < -0.3 is 15.4 Å². The number of amides is 2. The minimum Gasteiger partial charge on any atom is -0.484 e. The zero-order valence-corrected chi connectivity index (χ0v) is 15.8. The van der Waals surface area contributed by atoms with Gasteiger partial charge in [0, 0.05) is 22.8 Å². The van der Waals surface area contributed by atoms with Crippen molar-refractivity contribution in [3.8, 4) is 5.75 Å². The molecule has 0 aliphatic carbocycles. The van der Waals surface area contributed by atoms with E-state index in [-0.39, 0.29) is 18.4 Å². The van der Waals surface area contributed by atoms with Gasteiger partial charge in [-0.3, -0.25) is 9.59 Å². The second kappa shape index (κ2) is 9.58. The molecule has 0 aromatic heterocycles. The molecule has 0 fully saturated rings. The number of ether oxygens (including phenoxy) is 1. The van der Waals surface area contributed by atoms with Crippen LogP contribution in [0.25, 0.3) is 0 Å². The zero-order valence-electron chi connectivity index (χ0n) is 15.0. The summed E-state index contributed by atoms with van der Waals surface area (Å²) >= 11 is 5.82. The van der Waals surface area contributed by atoms with E-state index < -0.39 is 0 Å². The normalized spacial score (nSPS) is 10.2. The van der Waals surface area contributed by atoms with E-state index in [4.69, 9.17) is 16.3 Å². The highest BCUT2D eigenvalue weighted by atomic mass is 35.5. The summed E-state index contributed by atoms with van der Waals surface area (Å²) in [5.41, 5.74) is 2.11. The van der Waals surface area contributed by atoms with Crippen LogP contribution in [0.1, 0.15) is 15.9 Å². The minimum absolute atomic E-state index is 0.169. The lowest BCUT2D eigenvalue weighted by Crippen LogP contribution is -2.23. The lowest BCUT2D eigenvalue weighted by Gasteiger charge is -2.09. The molecular weight excluding hydrogens is 376 g/mol. The molecule has 0 aliphatic rings. The van der Waals surface area contributed by atoms with Gasteiger partial charge in [0.25, 0.3) is 11.8 Å². The first-order chi connectivity index (χ1) is 13.6. The quantitative estimate of drug-likeness (QED) is 0.628. The molecule has 3 aromatic rings. The van der Waals surface area contributed by atoms with Gasteiger partial charge in [0.2, 0.25) is 0 Å². The van der Waals surface area contributed by atoms with Crippen LogP contribution < -0.4 is 15.4 Å². The van der Waals surface area contributed by atoms with E-state index in [1.807, 2.05) is 30.3 Å². The Balaban J connectivity index is 1.51. The summed E-state index contributed by atoms with van der Waals surface area (Å²) in [5.74, 6) is -0.0696. The highest BCUT2D eigenvalue weighted by Crippen LogP contribution is 2.15. The molecule has 5 nitrogen and oxygen atoms in total. The van der Waals surface area contributed by atoms with Gasteiger partial charge in [0.15, 0.2) is 6.61 Å². The summed E-state index contributed by atoms with van der Waals surface area (Å²) in [6.45, 7) is 0.270. The Morgan fingerprint density at radius 3 is 2.39 bits per heavy atom. The zero-order chi connectivity index (χ0) is 19.8. The highest BCUT2D eigenvalue weighted by Gasteiger charge is 2.08. The van der Waals surface area contributed by atoms with Crippen LogP contribution in [-0.4, -0.2) is 18.4 Å². The number of hydrogen-bond donors (Lipinski definition) is 2. The van der Waals surface area contributed by atoms with E-state index >= 15 is 0 Å². The lowest BCUT2D eigenvalue weighted by atomic mass is 10.2. The van der Waals surface area contributed by atoms with E-state index in [0.29, 0.717) is 28.6 Å². The van der Waals surface area contributed by atoms with E-state index in [1.54, 1.807) is 48.5 Å². The number of carbonyl (C=O) groups excluding carboxylic acids is 2. The second-order valence-corrected chi connectivity index (χ2v) is 6.48. The standard InChI is InChI=1S/C22H19ClN2O3/c23-18-9-11-19(12-10-18)25-21(26)15-28-20-8-4-7-17(13-20)22(27)24-14-16-5-2-1-3-6-16/h1-13H,14-15H2,(H,24,27)(H,25,26). The first-order valence-corrected chi connectivity index (χ1v) is 9.08. The Morgan fingerprint density at radius 1 is 0.893 bits per heavy atom. The van der Waals surface area contributed by atoms with Crippen LogP contribution in [0.15, 0.2) is 78.9 Å². The third kappa shape index (κ3) is 5.86. The molecule has 0 heterocycles.